The van der Waals surface area contributed by atoms with Gasteiger partial charge in [-0.05, 0) is 30.5 Å². The normalized spacial score (nSPS) is 11.0. The van der Waals surface area contributed by atoms with Crippen LogP contribution in [-0.2, 0) is 16.1 Å². The maximum atomic E-state index is 12.6. The lowest BCUT2D eigenvalue weighted by Gasteiger charge is -2.11. The average molecular weight is 390 g/mol. The van der Waals surface area contributed by atoms with Crippen LogP contribution in [0.1, 0.15) is 5.56 Å². The molecule has 6 nitrogen and oxygen atoms in total. The van der Waals surface area contributed by atoms with Crippen molar-refractivity contribution in [2.75, 3.05) is 24.8 Å². The Hall–Kier alpha value is -2.16. The fourth-order valence-corrected chi connectivity index (χ4v) is 3.98. The summed E-state index contributed by atoms with van der Waals surface area (Å²) in [5.74, 6) is 0.0277. The molecule has 2 aromatic heterocycles. The molecule has 0 fully saturated rings. The number of carbonyl (C=O) groups is 1. The van der Waals surface area contributed by atoms with Gasteiger partial charge in [0.25, 0.3) is 5.56 Å². The van der Waals surface area contributed by atoms with E-state index in [0.29, 0.717) is 28.5 Å². The van der Waals surface area contributed by atoms with Gasteiger partial charge in [-0.3, -0.25) is 14.2 Å². The quantitative estimate of drug-likeness (QED) is 0.496. The van der Waals surface area contributed by atoms with Gasteiger partial charge in [0.1, 0.15) is 4.70 Å². The van der Waals surface area contributed by atoms with Gasteiger partial charge in [-0.15, -0.1) is 11.3 Å². The Kier molecular flexibility index (Phi) is 6.08. The standard InChI is InChI=1S/C18H19N3O3S2/c1-12-3-5-13(6-4-12)19-15(22)11-26-18-20-14-7-10-25-16(14)17(23)21(18)8-9-24-2/h3-7,10H,8-9,11H2,1-2H3,(H,19,22). The maximum absolute atomic E-state index is 12.6. The van der Waals surface area contributed by atoms with Crippen molar-refractivity contribution in [3.63, 3.8) is 0 Å². The number of ether oxygens (including phenoxy) is 1. The number of thiophene rings is 1. The van der Waals surface area contributed by atoms with Gasteiger partial charge in [-0.25, -0.2) is 4.98 Å². The summed E-state index contributed by atoms with van der Waals surface area (Å²) < 4.78 is 7.29. The SMILES string of the molecule is COCCn1c(SCC(=O)Nc2ccc(C)cc2)nc2ccsc2c1=O. The molecular weight excluding hydrogens is 370 g/mol. The Bertz CT molecular complexity index is 964. The lowest BCUT2D eigenvalue weighted by atomic mass is 10.2. The third kappa shape index (κ3) is 4.32. The molecule has 3 rings (SSSR count). The van der Waals surface area contributed by atoms with E-state index in [9.17, 15) is 9.59 Å². The number of nitrogens with zero attached hydrogens (tertiary/aromatic N) is 2. The third-order valence-electron chi connectivity index (χ3n) is 3.72. The molecule has 26 heavy (non-hydrogen) atoms. The number of benzene rings is 1. The summed E-state index contributed by atoms with van der Waals surface area (Å²) in [4.78, 5) is 29.4. The van der Waals surface area contributed by atoms with E-state index in [2.05, 4.69) is 10.3 Å². The predicted octanol–water partition coefficient (Wildman–Crippen LogP) is 3.14. The van der Waals surface area contributed by atoms with Gasteiger partial charge >= 0.3 is 0 Å². The number of methoxy groups -OCH3 is 1. The van der Waals surface area contributed by atoms with Crippen LogP contribution >= 0.6 is 23.1 Å². The van der Waals surface area contributed by atoms with Crippen molar-refractivity contribution in [3.8, 4) is 0 Å². The summed E-state index contributed by atoms with van der Waals surface area (Å²) in [7, 11) is 1.59. The molecule has 0 spiro atoms. The highest BCUT2D eigenvalue weighted by Gasteiger charge is 2.14. The predicted molar refractivity (Wildman–Crippen MR) is 106 cm³/mol. The van der Waals surface area contributed by atoms with Crippen molar-refractivity contribution in [3.05, 3.63) is 51.6 Å². The third-order valence-corrected chi connectivity index (χ3v) is 5.59. The second-order valence-corrected chi connectivity index (χ2v) is 7.54. The topological polar surface area (TPSA) is 73.2 Å². The van der Waals surface area contributed by atoms with Gasteiger partial charge in [0.15, 0.2) is 5.16 Å². The van der Waals surface area contributed by atoms with E-state index < -0.39 is 0 Å². The number of fused-ring (bicyclic) bond motifs is 1. The minimum absolute atomic E-state index is 0.0940. The number of rotatable bonds is 7. The number of aromatic nitrogens is 2. The summed E-state index contributed by atoms with van der Waals surface area (Å²) in [6.45, 7) is 2.80. The minimum atomic E-state index is -0.142. The first-order valence-electron chi connectivity index (χ1n) is 8.05. The zero-order valence-corrected chi connectivity index (χ0v) is 16.2. The van der Waals surface area contributed by atoms with Crippen LogP contribution in [-0.4, -0.2) is 34.9 Å². The van der Waals surface area contributed by atoms with E-state index in [1.54, 1.807) is 11.7 Å². The van der Waals surface area contributed by atoms with Crippen molar-refractivity contribution >= 4 is 44.9 Å². The Morgan fingerprint density at radius 3 is 2.81 bits per heavy atom. The van der Waals surface area contributed by atoms with Gasteiger partial charge in [-0.2, -0.15) is 0 Å². The maximum Gasteiger partial charge on any atom is 0.272 e. The Morgan fingerprint density at radius 1 is 1.31 bits per heavy atom. The monoisotopic (exact) mass is 389 g/mol. The molecule has 0 aliphatic heterocycles. The molecule has 3 aromatic rings. The first-order valence-corrected chi connectivity index (χ1v) is 9.91. The van der Waals surface area contributed by atoms with Crippen molar-refractivity contribution in [1.82, 2.24) is 9.55 Å². The fourth-order valence-electron chi connectivity index (χ4n) is 2.38. The highest BCUT2D eigenvalue weighted by Crippen LogP contribution is 2.21. The highest BCUT2D eigenvalue weighted by molar-refractivity contribution is 7.99. The Morgan fingerprint density at radius 2 is 2.08 bits per heavy atom. The molecule has 1 amide bonds. The van der Waals surface area contributed by atoms with E-state index in [0.717, 1.165) is 11.3 Å². The summed E-state index contributed by atoms with van der Waals surface area (Å²) in [6.07, 6.45) is 0. The van der Waals surface area contributed by atoms with Crippen LogP contribution in [0.5, 0.6) is 0 Å². The summed E-state index contributed by atoms with van der Waals surface area (Å²) >= 11 is 2.62. The smallest absolute Gasteiger partial charge is 0.272 e. The molecule has 0 saturated heterocycles. The fraction of sp³-hybridized carbons (Fsp3) is 0.278. The molecule has 0 unspecified atom stereocenters. The molecule has 0 aliphatic carbocycles. The largest absolute Gasteiger partial charge is 0.383 e. The number of nitrogens with one attached hydrogen (secondary N) is 1. The lowest BCUT2D eigenvalue weighted by Crippen LogP contribution is -2.25. The van der Waals surface area contributed by atoms with Crippen molar-refractivity contribution in [2.45, 2.75) is 18.6 Å². The number of amides is 1. The first kappa shape index (κ1) is 18.6. The van der Waals surface area contributed by atoms with Crippen LogP contribution in [0.25, 0.3) is 10.2 Å². The van der Waals surface area contributed by atoms with E-state index in [-0.39, 0.29) is 17.2 Å². The molecule has 0 saturated carbocycles. The molecular formula is C18H19N3O3S2. The molecule has 0 radical (unpaired) electrons. The van der Waals surface area contributed by atoms with E-state index in [4.69, 9.17) is 4.74 Å². The Labute approximate surface area is 159 Å². The lowest BCUT2D eigenvalue weighted by molar-refractivity contribution is -0.113. The molecule has 0 atom stereocenters. The van der Waals surface area contributed by atoms with Gasteiger partial charge in [0, 0.05) is 12.8 Å². The van der Waals surface area contributed by atoms with E-state index in [1.807, 2.05) is 42.6 Å². The highest BCUT2D eigenvalue weighted by atomic mass is 32.2. The van der Waals surface area contributed by atoms with E-state index >= 15 is 0 Å². The zero-order chi connectivity index (χ0) is 18.5. The molecule has 0 bridgehead atoms. The van der Waals surface area contributed by atoms with Gasteiger partial charge in [-0.1, -0.05) is 29.5 Å². The first-order chi connectivity index (χ1) is 12.6. The Balaban J connectivity index is 1.75. The molecule has 0 aliphatic rings. The number of thioether (sulfide) groups is 1. The average Bonchev–Trinajstić information content (AvgIpc) is 3.10. The number of carbonyl (C=O) groups excluding carboxylic acids is 1. The molecule has 2 heterocycles. The van der Waals surface area contributed by atoms with Gasteiger partial charge < -0.3 is 10.1 Å². The number of anilines is 1. The van der Waals surface area contributed by atoms with Crippen molar-refractivity contribution in [1.29, 1.82) is 0 Å². The van der Waals surface area contributed by atoms with Crippen LogP contribution in [0.4, 0.5) is 5.69 Å². The second kappa shape index (κ2) is 8.48. The molecule has 8 heteroatoms. The molecule has 136 valence electrons. The number of hydrogen-bond donors (Lipinski definition) is 1. The van der Waals surface area contributed by atoms with Crippen LogP contribution in [0, 0.1) is 6.92 Å². The number of aryl methyl sites for hydroxylation is 1. The second-order valence-electron chi connectivity index (χ2n) is 5.68. The number of hydrogen-bond acceptors (Lipinski definition) is 6. The van der Waals surface area contributed by atoms with Crippen molar-refractivity contribution in [2.24, 2.45) is 0 Å². The van der Waals surface area contributed by atoms with Crippen LogP contribution in [0.3, 0.4) is 0 Å². The van der Waals surface area contributed by atoms with Gasteiger partial charge in [0.2, 0.25) is 5.91 Å². The van der Waals surface area contributed by atoms with E-state index in [1.165, 1.54) is 23.1 Å². The van der Waals surface area contributed by atoms with Crippen molar-refractivity contribution < 1.29 is 9.53 Å². The van der Waals surface area contributed by atoms with Crippen LogP contribution in [0.15, 0.2) is 45.7 Å². The summed E-state index contributed by atoms with van der Waals surface area (Å²) in [5.41, 5.74) is 2.45. The molecule has 1 aromatic carbocycles. The van der Waals surface area contributed by atoms with Gasteiger partial charge in [0.05, 0.1) is 24.4 Å². The summed E-state index contributed by atoms with van der Waals surface area (Å²) in [5, 5.41) is 5.22. The summed E-state index contributed by atoms with van der Waals surface area (Å²) in [6, 6.07) is 9.43. The van der Waals surface area contributed by atoms with Crippen LogP contribution in [0.2, 0.25) is 0 Å². The van der Waals surface area contributed by atoms with Crippen LogP contribution < -0.4 is 10.9 Å². The molecule has 1 N–H and O–H groups in total. The minimum Gasteiger partial charge on any atom is -0.383 e. The zero-order valence-electron chi connectivity index (χ0n) is 14.5.